The molecular formula is C9H7F2N3OS. The first kappa shape index (κ1) is 10.7. The number of halogens is 2. The lowest BCUT2D eigenvalue weighted by Gasteiger charge is -2.01. The molecule has 2 N–H and O–H groups in total. The standard InChI is InChI=1S/C9H7F2N3OS/c10-9(11)14-6(8(12)15)4-5(13-14)7-2-1-3-16-7/h1-4,9H,(H2,12,15). The van der Waals surface area contributed by atoms with E-state index in [1.54, 1.807) is 17.5 Å². The number of aromatic nitrogens is 2. The van der Waals surface area contributed by atoms with Crippen molar-refractivity contribution in [2.75, 3.05) is 0 Å². The molecule has 0 bridgehead atoms. The maximum atomic E-state index is 12.5. The van der Waals surface area contributed by atoms with E-state index in [0.717, 1.165) is 0 Å². The number of carbonyl (C=O) groups is 1. The second-order valence-electron chi connectivity index (χ2n) is 2.98. The lowest BCUT2D eigenvalue weighted by Crippen LogP contribution is -2.18. The topological polar surface area (TPSA) is 60.9 Å². The summed E-state index contributed by atoms with van der Waals surface area (Å²) in [6.45, 7) is -2.88. The van der Waals surface area contributed by atoms with E-state index in [-0.39, 0.29) is 5.69 Å². The van der Waals surface area contributed by atoms with Gasteiger partial charge in [0.1, 0.15) is 11.4 Å². The van der Waals surface area contributed by atoms with Crippen LogP contribution in [0.15, 0.2) is 23.6 Å². The minimum absolute atomic E-state index is 0.293. The Morgan fingerprint density at radius 3 is 2.75 bits per heavy atom. The highest BCUT2D eigenvalue weighted by Gasteiger charge is 2.19. The SMILES string of the molecule is NC(=O)c1cc(-c2cccs2)nn1C(F)F. The monoisotopic (exact) mass is 243 g/mol. The van der Waals surface area contributed by atoms with Gasteiger partial charge in [-0.2, -0.15) is 18.6 Å². The average Bonchev–Trinajstić information content (AvgIpc) is 2.86. The number of rotatable bonds is 3. The van der Waals surface area contributed by atoms with Gasteiger partial charge in [-0.1, -0.05) is 6.07 Å². The number of amides is 1. The van der Waals surface area contributed by atoms with Crippen LogP contribution < -0.4 is 5.73 Å². The number of carbonyl (C=O) groups excluding carboxylic acids is 1. The Morgan fingerprint density at radius 2 is 2.31 bits per heavy atom. The zero-order valence-electron chi connectivity index (χ0n) is 7.93. The molecule has 84 valence electrons. The zero-order valence-corrected chi connectivity index (χ0v) is 8.75. The summed E-state index contributed by atoms with van der Waals surface area (Å²) in [4.78, 5) is 11.7. The van der Waals surface area contributed by atoms with Gasteiger partial charge < -0.3 is 5.73 Å². The van der Waals surface area contributed by atoms with Crippen molar-refractivity contribution in [1.82, 2.24) is 9.78 Å². The van der Waals surface area contributed by atoms with Gasteiger partial charge in [0.15, 0.2) is 0 Å². The van der Waals surface area contributed by atoms with Crippen molar-refractivity contribution in [2.45, 2.75) is 6.55 Å². The van der Waals surface area contributed by atoms with E-state index in [2.05, 4.69) is 5.10 Å². The van der Waals surface area contributed by atoms with E-state index >= 15 is 0 Å². The van der Waals surface area contributed by atoms with Crippen LogP contribution in [0, 0.1) is 0 Å². The van der Waals surface area contributed by atoms with Crippen molar-refractivity contribution >= 4 is 17.2 Å². The van der Waals surface area contributed by atoms with Gasteiger partial charge in [-0.25, -0.2) is 0 Å². The third kappa shape index (κ3) is 1.81. The van der Waals surface area contributed by atoms with Crippen molar-refractivity contribution in [3.05, 3.63) is 29.3 Å². The van der Waals surface area contributed by atoms with Gasteiger partial charge in [-0.15, -0.1) is 11.3 Å². The van der Waals surface area contributed by atoms with Gasteiger partial charge in [-0.3, -0.25) is 4.79 Å². The summed E-state index contributed by atoms with van der Waals surface area (Å²) in [5.41, 5.74) is 5.02. The van der Waals surface area contributed by atoms with E-state index in [1.165, 1.54) is 17.4 Å². The number of alkyl halides is 2. The summed E-state index contributed by atoms with van der Waals surface area (Å²) in [7, 11) is 0. The van der Waals surface area contributed by atoms with E-state index in [4.69, 9.17) is 5.73 Å². The summed E-state index contributed by atoms with van der Waals surface area (Å²) in [6.07, 6.45) is 0. The van der Waals surface area contributed by atoms with Gasteiger partial charge in [-0.05, 0) is 17.5 Å². The second kappa shape index (κ2) is 4.01. The molecule has 0 aliphatic carbocycles. The van der Waals surface area contributed by atoms with Gasteiger partial charge in [0.2, 0.25) is 0 Å². The van der Waals surface area contributed by atoms with Gasteiger partial charge >= 0.3 is 6.55 Å². The Balaban J connectivity index is 2.51. The Morgan fingerprint density at radius 1 is 1.56 bits per heavy atom. The third-order valence-corrected chi connectivity index (χ3v) is 2.84. The largest absolute Gasteiger partial charge is 0.364 e. The number of primary amides is 1. The normalized spacial score (nSPS) is 10.9. The zero-order chi connectivity index (χ0) is 11.7. The molecule has 0 unspecified atom stereocenters. The number of hydrogen-bond donors (Lipinski definition) is 1. The molecule has 2 heterocycles. The fourth-order valence-electron chi connectivity index (χ4n) is 1.27. The van der Waals surface area contributed by atoms with Crippen LogP contribution in [-0.2, 0) is 0 Å². The molecule has 2 aromatic rings. The highest BCUT2D eigenvalue weighted by Crippen LogP contribution is 2.26. The molecule has 2 aromatic heterocycles. The first-order chi connectivity index (χ1) is 7.59. The Kier molecular flexibility index (Phi) is 2.69. The van der Waals surface area contributed by atoms with E-state index < -0.39 is 12.5 Å². The number of nitrogens with zero attached hydrogens (tertiary/aromatic N) is 2. The van der Waals surface area contributed by atoms with E-state index in [0.29, 0.717) is 15.3 Å². The number of thiophene rings is 1. The Labute approximate surface area is 93.3 Å². The van der Waals surface area contributed by atoms with Crippen LogP contribution in [0.2, 0.25) is 0 Å². The molecule has 0 aromatic carbocycles. The third-order valence-electron chi connectivity index (χ3n) is 1.95. The molecule has 2 rings (SSSR count). The molecule has 0 radical (unpaired) electrons. The van der Waals surface area contributed by atoms with Crippen LogP contribution in [0.4, 0.5) is 8.78 Å². The fourth-order valence-corrected chi connectivity index (χ4v) is 1.95. The number of hydrogen-bond acceptors (Lipinski definition) is 3. The van der Waals surface area contributed by atoms with Crippen LogP contribution in [-0.4, -0.2) is 15.7 Å². The van der Waals surface area contributed by atoms with Crippen molar-refractivity contribution in [3.8, 4) is 10.6 Å². The minimum atomic E-state index is -2.88. The summed E-state index contributed by atoms with van der Waals surface area (Å²) >= 11 is 1.35. The molecule has 7 heteroatoms. The maximum absolute atomic E-state index is 12.5. The second-order valence-corrected chi connectivity index (χ2v) is 3.93. The summed E-state index contributed by atoms with van der Waals surface area (Å²) in [6, 6.07) is 4.76. The fraction of sp³-hybridized carbons (Fsp3) is 0.111. The lowest BCUT2D eigenvalue weighted by molar-refractivity contribution is 0.0519. The predicted molar refractivity (Wildman–Crippen MR) is 55.3 cm³/mol. The molecule has 0 aliphatic heterocycles. The molecule has 0 atom stereocenters. The summed E-state index contributed by atoms with van der Waals surface area (Å²) < 4.78 is 25.4. The lowest BCUT2D eigenvalue weighted by atomic mass is 10.3. The van der Waals surface area contributed by atoms with Crippen molar-refractivity contribution < 1.29 is 13.6 Å². The van der Waals surface area contributed by atoms with Crippen molar-refractivity contribution in [1.29, 1.82) is 0 Å². The molecule has 0 saturated heterocycles. The molecule has 0 aliphatic rings. The van der Waals surface area contributed by atoms with Crippen molar-refractivity contribution in [2.24, 2.45) is 5.73 Å². The molecular weight excluding hydrogens is 236 g/mol. The quantitative estimate of drug-likeness (QED) is 0.897. The summed E-state index contributed by atoms with van der Waals surface area (Å²) in [5.74, 6) is -0.921. The molecule has 1 amide bonds. The van der Waals surface area contributed by atoms with Crippen molar-refractivity contribution in [3.63, 3.8) is 0 Å². The first-order valence-electron chi connectivity index (χ1n) is 4.31. The molecule has 0 fully saturated rings. The van der Waals surface area contributed by atoms with Gasteiger partial charge in [0, 0.05) is 0 Å². The van der Waals surface area contributed by atoms with Crippen LogP contribution in [0.1, 0.15) is 17.0 Å². The van der Waals surface area contributed by atoms with E-state index in [1.807, 2.05) is 0 Å². The van der Waals surface area contributed by atoms with Crippen LogP contribution in [0.25, 0.3) is 10.6 Å². The van der Waals surface area contributed by atoms with Gasteiger partial charge in [0.05, 0.1) is 4.88 Å². The smallest absolute Gasteiger partial charge is 0.333 e. The molecule has 4 nitrogen and oxygen atoms in total. The van der Waals surface area contributed by atoms with E-state index in [9.17, 15) is 13.6 Å². The minimum Gasteiger partial charge on any atom is -0.364 e. The number of nitrogens with two attached hydrogens (primary N) is 1. The maximum Gasteiger partial charge on any atom is 0.333 e. The van der Waals surface area contributed by atoms with Crippen LogP contribution in [0.5, 0.6) is 0 Å². The van der Waals surface area contributed by atoms with Gasteiger partial charge in [0.25, 0.3) is 5.91 Å². The highest BCUT2D eigenvalue weighted by atomic mass is 32.1. The first-order valence-corrected chi connectivity index (χ1v) is 5.19. The van der Waals surface area contributed by atoms with Crippen LogP contribution >= 0.6 is 11.3 Å². The Hall–Kier alpha value is -1.76. The Bertz CT molecular complexity index is 507. The summed E-state index contributed by atoms with van der Waals surface area (Å²) in [5, 5.41) is 5.44. The molecule has 0 spiro atoms. The predicted octanol–water partition coefficient (Wildman–Crippen LogP) is 2.11. The van der Waals surface area contributed by atoms with Crippen LogP contribution in [0.3, 0.4) is 0 Å². The molecule has 0 saturated carbocycles. The highest BCUT2D eigenvalue weighted by molar-refractivity contribution is 7.13. The molecule has 16 heavy (non-hydrogen) atoms. The average molecular weight is 243 g/mol.